The Morgan fingerprint density at radius 2 is 2.22 bits per heavy atom. The molecule has 1 fully saturated rings. The molecular formula is C11H22ClN3O2S. The van der Waals surface area contributed by atoms with Crippen LogP contribution in [0.25, 0.3) is 0 Å². The predicted octanol–water partition coefficient (Wildman–Crippen LogP) is 0.492. The molecule has 0 aromatic heterocycles. The van der Waals surface area contributed by atoms with Crippen LogP contribution in [0.2, 0.25) is 0 Å². The van der Waals surface area contributed by atoms with E-state index in [0.29, 0.717) is 13.0 Å². The van der Waals surface area contributed by atoms with Gasteiger partial charge in [0, 0.05) is 30.6 Å². The molecule has 0 aromatic rings. The SMILES string of the molecule is CCC(C)NC(=O)CCNC(=O)C1CSCN1.Cl. The summed E-state index contributed by atoms with van der Waals surface area (Å²) in [5, 5.41) is 8.72. The number of hydrogen-bond donors (Lipinski definition) is 3. The van der Waals surface area contributed by atoms with Gasteiger partial charge in [-0.2, -0.15) is 0 Å². The van der Waals surface area contributed by atoms with E-state index >= 15 is 0 Å². The zero-order valence-electron chi connectivity index (χ0n) is 10.8. The van der Waals surface area contributed by atoms with Crippen LogP contribution in [0.5, 0.6) is 0 Å². The van der Waals surface area contributed by atoms with Crippen molar-refractivity contribution in [2.45, 2.75) is 38.8 Å². The van der Waals surface area contributed by atoms with Crippen molar-refractivity contribution in [3.05, 3.63) is 0 Å². The largest absolute Gasteiger partial charge is 0.354 e. The van der Waals surface area contributed by atoms with Crippen molar-refractivity contribution in [3.63, 3.8) is 0 Å². The molecule has 1 aliphatic rings. The van der Waals surface area contributed by atoms with Crippen LogP contribution in [-0.4, -0.2) is 42.1 Å². The number of thioether (sulfide) groups is 1. The molecule has 0 spiro atoms. The molecule has 1 aliphatic heterocycles. The van der Waals surface area contributed by atoms with Gasteiger partial charge in [-0.15, -0.1) is 24.2 Å². The number of nitrogens with one attached hydrogen (secondary N) is 3. The second-order valence-corrected chi connectivity index (χ2v) is 5.22. The van der Waals surface area contributed by atoms with E-state index < -0.39 is 0 Å². The van der Waals surface area contributed by atoms with Gasteiger partial charge in [0.05, 0.1) is 6.04 Å². The summed E-state index contributed by atoms with van der Waals surface area (Å²) in [6, 6.07) is 0.101. The van der Waals surface area contributed by atoms with Gasteiger partial charge in [-0.1, -0.05) is 6.92 Å². The first-order valence-corrected chi connectivity index (χ1v) is 7.17. The number of rotatable bonds is 6. The Labute approximate surface area is 119 Å². The van der Waals surface area contributed by atoms with Crippen molar-refractivity contribution in [1.29, 1.82) is 0 Å². The van der Waals surface area contributed by atoms with Crippen molar-refractivity contribution in [2.24, 2.45) is 0 Å². The number of amides is 2. The molecule has 7 heteroatoms. The second kappa shape index (κ2) is 9.47. The first-order valence-electron chi connectivity index (χ1n) is 6.01. The van der Waals surface area contributed by atoms with Gasteiger partial charge in [-0.25, -0.2) is 0 Å². The maximum atomic E-state index is 11.6. The van der Waals surface area contributed by atoms with Gasteiger partial charge in [-0.3, -0.25) is 14.9 Å². The Bertz CT molecular complexity index is 273. The molecule has 1 heterocycles. The highest BCUT2D eigenvalue weighted by molar-refractivity contribution is 7.99. The molecule has 18 heavy (non-hydrogen) atoms. The summed E-state index contributed by atoms with van der Waals surface area (Å²) < 4.78 is 0. The van der Waals surface area contributed by atoms with Crippen LogP contribution >= 0.6 is 24.2 Å². The van der Waals surface area contributed by atoms with E-state index in [9.17, 15) is 9.59 Å². The minimum Gasteiger partial charge on any atom is -0.354 e. The molecule has 2 amide bonds. The molecule has 0 saturated carbocycles. The lowest BCUT2D eigenvalue weighted by atomic mass is 10.2. The summed E-state index contributed by atoms with van der Waals surface area (Å²) in [5.41, 5.74) is 0. The van der Waals surface area contributed by atoms with Crippen LogP contribution in [0.4, 0.5) is 0 Å². The first-order chi connectivity index (χ1) is 8.13. The van der Waals surface area contributed by atoms with Crippen LogP contribution in [0.15, 0.2) is 0 Å². The van der Waals surface area contributed by atoms with E-state index in [0.717, 1.165) is 18.1 Å². The van der Waals surface area contributed by atoms with Crippen molar-refractivity contribution < 1.29 is 9.59 Å². The lowest BCUT2D eigenvalue weighted by molar-refractivity contribution is -0.123. The Kier molecular flexibility index (Phi) is 9.23. The van der Waals surface area contributed by atoms with Crippen LogP contribution in [-0.2, 0) is 9.59 Å². The molecule has 2 atom stereocenters. The number of halogens is 1. The molecule has 5 nitrogen and oxygen atoms in total. The summed E-state index contributed by atoms with van der Waals surface area (Å²) in [7, 11) is 0. The summed E-state index contributed by atoms with van der Waals surface area (Å²) in [5.74, 6) is 1.62. The van der Waals surface area contributed by atoms with Crippen LogP contribution in [0.3, 0.4) is 0 Å². The van der Waals surface area contributed by atoms with E-state index in [-0.39, 0.29) is 36.3 Å². The van der Waals surface area contributed by atoms with E-state index in [4.69, 9.17) is 0 Å². The van der Waals surface area contributed by atoms with Crippen molar-refractivity contribution in [1.82, 2.24) is 16.0 Å². The Morgan fingerprint density at radius 1 is 1.50 bits per heavy atom. The van der Waals surface area contributed by atoms with Gasteiger partial charge in [-0.05, 0) is 13.3 Å². The molecule has 1 saturated heterocycles. The quantitative estimate of drug-likeness (QED) is 0.667. The average molecular weight is 296 g/mol. The fraction of sp³-hybridized carbons (Fsp3) is 0.818. The summed E-state index contributed by atoms with van der Waals surface area (Å²) in [4.78, 5) is 23.0. The van der Waals surface area contributed by atoms with E-state index in [1.807, 2.05) is 13.8 Å². The molecule has 106 valence electrons. The Hall–Kier alpha value is -0.460. The van der Waals surface area contributed by atoms with Crippen molar-refractivity contribution >= 4 is 36.0 Å². The van der Waals surface area contributed by atoms with Crippen LogP contribution in [0.1, 0.15) is 26.7 Å². The molecule has 0 radical (unpaired) electrons. The topological polar surface area (TPSA) is 70.2 Å². The fourth-order valence-corrected chi connectivity index (χ4v) is 2.38. The summed E-state index contributed by atoms with van der Waals surface area (Å²) in [6.45, 7) is 4.40. The van der Waals surface area contributed by atoms with Gasteiger partial charge in [0.25, 0.3) is 0 Å². The Morgan fingerprint density at radius 3 is 2.78 bits per heavy atom. The summed E-state index contributed by atoms with van der Waals surface area (Å²) >= 11 is 1.71. The molecule has 0 aromatic carbocycles. The van der Waals surface area contributed by atoms with Gasteiger partial charge < -0.3 is 10.6 Å². The molecular weight excluding hydrogens is 274 g/mol. The minimum atomic E-state index is -0.0994. The third-order valence-corrected chi connectivity index (χ3v) is 3.64. The third-order valence-electron chi connectivity index (χ3n) is 2.70. The highest BCUT2D eigenvalue weighted by atomic mass is 35.5. The van der Waals surface area contributed by atoms with Gasteiger partial charge in [0.2, 0.25) is 11.8 Å². The van der Waals surface area contributed by atoms with E-state index in [1.54, 1.807) is 11.8 Å². The minimum absolute atomic E-state index is 0. The zero-order chi connectivity index (χ0) is 12.7. The standard InChI is InChI=1S/C11H21N3O2S.ClH/c1-3-8(2)14-10(15)4-5-12-11(16)9-6-17-7-13-9;/h8-9,13H,3-7H2,1-2H3,(H,12,16)(H,14,15);1H. The maximum absolute atomic E-state index is 11.6. The lowest BCUT2D eigenvalue weighted by Gasteiger charge is -2.13. The predicted molar refractivity (Wildman–Crippen MR) is 77.0 cm³/mol. The van der Waals surface area contributed by atoms with Gasteiger partial charge in [0.1, 0.15) is 0 Å². The van der Waals surface area contributed by atoms with Gasteiger partial charge in [0.15, 0.2) is 0 Å². The number of carbonyl (C=O) groups is 2. The fourth-order valence-electron chi connectivity index (χ4n) is 1.44. The van der Waals surface area contributed by atoms with E-state index in [1.165, 1.54) is 0 Å². The summed E-state index contributed by atoms with van der Waals surface area (Å²) in [6.07, 6.45) is 1.26. The Balaban J connectivity index is 0.00000289. The van der Waals surface area contributed by atoms with Crippen molar-refractivity contribution in [3.8, 4) is 0 Å². The first kappa shape index (κ1) is 17.5. The molecule has 1 rings (SSSR count). The maximum Gasteiger partial charge on any atom is 0.238 e. The van der Waals surface area contributed by atoms with Crippen molar-refractivity contribution in [2.75, 3.05) is 18.2 Å². The molecule has 2 unspecified atom stereocenters. The smallest absolute Gasteiger partial charge is 0.238 e. The zero-order valence-corrected chi connectivity index (χ0v) is 12.5. The van der Waals surface area contributed by atoms with Crippen LogP contribution < -0.4 is 16.0 Å². The number of hydrogen-bond acceptors (Lipinski definition) is 4. The lowest BCUT2D eigenvalue weighted by Crippen LogP contribution is -2.43. The average Bonchev–Trinajstić information content (AvgIpc) is 2.82. The highest BCUT2D eigenvalue weighted by Crippen LogP contribution is 2.08. The van der Waals surface area contributed by atoms with Gasteiger partial charge >= 0.3 is 0 Å². The van der Waals surface area contributed by atoms with E-state index in [2.05, 4.69) is 16.0 Å². The monoisotopic (exact) mass is 295 g/mol. The molecule has 0 aliphatic carbocycles. The highest BCUT2D eigenvalue weighted by Gasteiger charge is 2.21. The molecule has 0 bridgehead atoms. The second-order valence-electron chi connectivity index (χ2n) is 4.19. The number of carbonyl (C=O) groups excluding carboxylic acids is 2. The molecule has 3 N–H and O–H groups in total. The normalized spacial score (nSPS) is 19.8. The third kappa shape index (κ3) is 6.47. The van der Waals surface area contributed by atoms with Crippen LogP contribution in [0, 0.1) is 0 Å².